The van der Waals surface area contributed by atoms with Gasteiger partial charge in [0.05, 0.1) is 13.7 Å². The molecule has 1 rings (SSSR count). The van der Waals surface area contributed by atoms with Crippen molar-refractivity contribution < 1.29 is 14.3 Å². The van der Waals surface area contributed by atoms with Gasteiger partial charge in [-0.05, 0) is 25.5 Å². The van der Waals surface area contributed by atoms with Gasteiger partial charge in [0.1, 0.15) is 5.75 Å². The van der Waals surface area contributed by atoms with Gasteiger partial charge in [0, 0.05) is 17.0 Å². The first-order valence-electron chi connectivity index (χ1n) is 5.16. The Morgan fingerprint density at radius 2 is 2.19 bits per heavy atom. The minimum atomic E-state index is -0.218. The fraction of sp³-hybridized carbons (Fsp3) is 0.417. The molecule has 1 aromatic carbocycles. The third-order valence-electron chi connectivity index (χ3n) is 2.18. The highest BCUT2D eigenvalue weighted by molar-refractivity contribution is 6.31. The summed E-state index contributed by atoms with van der Waals surface area (Å²) >= 11 is 6.04. The maximum atomic E-state index is 11.2. The van der Waals surface area contributed by atoms with Gasteiger partial charge in [0.2, 0.25) is 0 Å². The Morgan fingerprint density at radius 3 is 2.81 bits per heavy atom. The molecule has 88 valence electrons. The molecule has 1 aromatic rings. The molecule has 0 radical (unpaired) electrons. The van der Waals surface area contributed by atoms with Crippen molar-refractivity contribution in [3.8, 4) is 5.75 Å². The number of halogens is 1. The lowest BCUT2D eigenvalue weighted by Crippen LogP contribution is -2.06. The molecule has 0 aliphatic rings. The Bertz CT molecular complexity index is 363. The normalized spacial score (nSPS) is 9.94. The summed E-state index contributed by atoms with van der Waals surface area (Å²) in [5.74, 6) is 0.487. The van der Waals surface area contributed by atoms with Gasteiger partial charge in [-0.2, -0.15) is 0 Å². The lowest BCUT2D eigenvalue weighted by molar-refractivity contribution is -0.143. The Kier molecular flexibility index (Phi) is 5.12. The number of benzene rings is 1. The minimum absolute atomic E-state index is 0.218. The predicted octanol–water partition coefficient (Wildman–Crippen LogP) is 2.84. The second-order valence-electron chi connectivity index (χ2n) is 3.23. The molecule has 0 spiro atoms. The van der Waals surface area contributed by atoms with Crippen molar-refractivity contribution in [3.05, 3.63) is 28.8 Å². The Balaban J connectivity index is 2.69. The fourth-order valence-electron chi connectivity index (χ4n) is 1.43. The largest absolute Gasteiger partial charge is 0.496 e. The molecular weight excluding hydrogens is 228 g/mol. The fourth-order valence-corrected chi connectivity index (χ4v) is 1.69. The molecule has 0 N–H and O–H groups in total. The Morgan fingerprint density at radius 1 is 1.44 bits per heavy atom. The zero-order valence-corrected chi connectivity index (χ0v) is 10.2. The summed E-state index contributed by atoms with van der Waals surface area (Å²) in [7, 11) is 1.58. The number of methoxy groups -OCH3 is 1. The van der Waals surface area contributed by atoms with E-state index < -0.39 is 0 Å². The molecule has 0 aliphatic carbocycles. The summed E-state index contributed by atoms with van der Waals surface area (Å²) in [6.07, 6.45) is 0.843. The Hall–Kier alpha value is -1.22. The van der Waals surface area contributed by atoms with Crippen LogP contribution in [0, 0.1) is 0 Å². The molecule has 3 nitrogen and oxygen atoms in total. The van der Waals surface area contributed by atoms with Crippen molar-refractivity contribution in [1.29, 1.82) is 0 Å². The highest BCUT2D eigenvalue weighted by atomic mass is 35.5. The highest BCUT2D eigenvalue weighted by Gasteiger charge is 2.10. The molecule has 0 fully saturated rings. The molecular formula is C12H15ClO3. The number of esters is 1. The average molecular weight is 243 g/mol. The average Bonchev–Trinajstić information content (AvgIpc) is 2.27. The standard InChI is InChI=1S/C12H15ClO3/c1-3-16-12(14)8-7-9-10(13)5-4-6-11(9)15-2/h4-6H,3,7-8H2,1-2H3. The molecule has 0 aliphatic heterocycles. The maximum absolute atomic E-state index is 11.2. The van der Waals surface area contributed by atoms with Crippen molar-refractivity contribution in [1.82, 2.24) is 0 Å². The van der Waals surface area contributed by atoms with Gasteiger partial charge < -0.3 is 9.47 Å². The van der Waals surface area contributed by atoms with Crippen molar-refractivity contribution in [2.24, 2.45) is 0 Å². The van der Waals surface area contributed by atoms with Crippen LogP contribution in [0.5, 0.6) is 5.75 Å². The van der Waals surface area contributed by atoms with Crippen LogP contribution in [-0.4, -0.2) is 19.7 Å². The van der Waals surface area contributed by atoms with E-state index in [1.807, 2.05) is 12.1 Å². The van der Waals surface area contributed by atoms with Gasteiger partial charge in [-0.15, -0.1) is 0 Å². The number of carbonyl (C=O) groups is 1. The molecule has 0 atom stereocenters. The predicted molar refractivity (Wildman–Crippen MR) is 63.0 cm³/mol. The van der Waals surface area contributed by atoms with E-state index in [4.69, 9.17) is 21.1 Å². The van der Waals surface area contributed by atoms with Gasteiger partial charge in [-0.25, -0.2) is 0 Å². The van der Waals surface area contributed by atoms with E-state index in [0.717, 1.165) is 5.56 Å². The first kappa shape index (κ1) is 12.8. The van der Waals surface area contributed by atoms with E-state index in [1.54, 1.807) is 20.1 Å². The van der Waals surface area contributed by atoms with Crippen LogP contribution in [0.25, 0.3) is 0 Å². The quantitative estimate of drug-likeness (QED) is 0.745. The van der Waals surface area contributed by atoms with E-state index >= 15 is 0 Å². The van der Waals surface area contributed by atoms with E-state index in [1.165, 1.54) is 0 Å². The van der Waals surface area contributed by atoms with Crippen molar-refractivity contribution in [3.63, 3.8) is 0 Å². The molecule has 4 heteroatoms. The monoisotopic (exact) mass is 242 g/mol. The summed E-state index contributed by atoms with van der Waals surface area (Å²) in [5.41, 5.74) is 0.847. The second-order valence-corrected chi connectivity index (χ2v) is 3.63. The smallest absolute Gasteiger partial charge is 0.306 e. The molecule has 16 heavy (non-hydrogen) atoms. The molecule has 0 amide bonds. The topological polar surface area (TPSA) is 35.5 Å². The van der Waals surface area contributed by atoms with Crippen LogP contribution in [-0.2, 0) is 16.0 Å². The Labute approximate surface area is 100 Å². The molecule has 0 saturated heterocycles. The van der Waals surface area contributed by atoms with Crippen molar-refractivity contribution in [2.45, 2.75) is 19.8 Å². The van der Waals surface area contributed by atoms with Crippen LogP contribution in [0.1, 0.15) is 18.9 Å². The summed E-state index contributed by atoms with van der Waals surface area (Å²) in [6, 6.07) is 5.42. The van der Waals surface area contributed by atoms with Crippen LogP contribution in [0.3, 0.4) is 0 Å². The van der Waals surface area contributed by atoms with Crippen LogP contribution in [0.4, 0.5) is 0 Å². The summed E-state index contributed by atoms with van der Waals surface area (Å²) in [6.45, 7) is 2.19. The summed E-state index contributed by atoms with van der Waals surface area (Å²) in [4.78, 5) is 11.2. The van der Waals surface area contributed by atoms with Crippen LogP contribution >= 0.6 is 11.6 Å². The van der Waals surface area contributed by atoms with E-state index in [9.17, 15) is 4.79 Å². The van der Waals surface area contributed by atoms with Gasteiger partial charge in [-0.3, -0.25) is 4.79 Å². The van der Waals surface area contributed by atoms with Gasteiger partial charge in [-0.1, -0.05) is 17.7 Å². The zero-order chi connectivity index (χ0) is 12.0. The van der Waals surface area contributed by atoms with Crippen LogP contribution < -0.4 is 4.74 Å². The lowest BCUT2D eigenvalue weighted by Gasteiger charge is -2.09. The summed E-state index contributed by atoms with van der Waals surface area (Å²) in [5, 5.41) is 0.614. The van der Waals surface area contributed by atoms with Gasteiger partial charge >= 0.3 is 5.97 Å². The highest BCUT2D eigenvalue weighted by Crippen LogP contribution is 2.27. The molecule has 0 aromatic heterocycles. The van der Waals surface area contributed by atoms with Gasteiger partial charge in [0.15, 0.2) is 0 Å². The summed E-state index contributed by atoms with van der Waals surface area (Å²) < 4.78 is 10.0. The third kappa shape index (κ3) is 3.42. The molecule has 0 heterocycles. The van der Waals surface area contributed by atoms with E-state index in [2.05, 4.69) is 0 Å². The van der Waals surface area contributed by atoms with Gasteiger partial charge in [0.25, 0.3) is 0 Å². The van der Waals surface area contributed by atoms with Crippen molar-refractivity contribution in [2.75, 3.05) is 13.7 Å². The number of hydrogen-bond acceptors (Lipinski definition) is 3. The second kappa shape index (κ2) is 6.38. The number of rotatable bonds is 5. The molecule has 0 unspecified atom stereocenters. The SMILES string of the molecule is CCOC(=O)CCc1c(Cl)cccc1OC. The zero-order valence-electron chi connectivity index (χ0n) is 9.46. The maximum Gasteiger partial charge on any atom is 0.306 e. The lowest BCUT2D eigenvalue weighted by atomic mass is 10.1. The number of hydrogen-bond donors (Lipinski definition) is 0. The number of ether oxygens (including phenoxy) is 2. The third-order valence-corrected chi connectivity index (χ3v) is 2.53. The first-order chi connectivity index (χ1) is 7.69. The van der Waals surface area contributed by atoms with Crippen LogP contribution in [0.2, 0.25) is 5.02 Å². The van der Waals surface area contributed by atoms with E-state index in [-0.39, 0.29) is 5.97 Å². The minimum Gasteiger partial charge on any atom is -0.496 e. The van der Waals surface area contributed by atoms with E-state index in [0.29, 0.717) is 30.2 Å². The molecule has 0 bridgehead atoms. The van der Waals surface area contributed by atoms with Crippen molar-refractivity contribution >= 4 is 17.6 Å². The molecule has 0 saturated carbocycles. The van der Waals surface area contributed by atoms with Crippen LogP contribution in [0.15, 0.2) is 18.2 Å². The number of carbonyl (C=O) groups excluding carboxylic acids is 1. The first-order valence-corrected chi connectivity index (χ1v) is 5.53.